The van der Waals surface area contributed by atoms with Gasteiger partial charge in [0.25, 0.3) is 0 Å². The molecule has 154 valence electrons. The second kappa shape index (κ2) is 8.06. The fraction of sp³-hybridized carbons (Fsp3) is 0.217. The Morgan fingerprint density at radius 2 is 1.93 bits per heavy atom. The number of thiazole rings is 1. The van der Waals surface area contributed by atoms with Gasteiger partial charge in [0, 0.05) is 27.4 Å². The van der Waals surface area contributed by atoms with Crippen LogP contribution < -0.4 is 5.32 Å². The van der Waals surface area contributed by atoms with Crippen molar-refractivity contribution in [2.75, 3.05) is 5.32 Å². The molecular weight excluding hydrogens is 437 g/mol. The number of rotatable bonds is 4. The number of nitrogens with one attached hydrogen (secondary N) is 1. The number of amides is 1. The lowest BCUT2D eigenvalue weighted by Gasteiger charge is -2.14. The molecule has 0 fully saturated rings. The maximum Gasteiger partial charge on any atom is 0.230 e. The molecule has 2 aromatic heterocycles. The van der Waals surface area contributed by atoms with Crippen molar-refractivity contribution in [1.29, 1.82) is 0 Å². The van der Waals surface area contributed by atoms with Crippen LogP contribution in [0, 0.1) is 0 Å². The third-order valence-electron chi connectivity index (χ3n) is 4.83. The van der Waals surface area contributed by atoms with Crippen LogP contribution in [0.25, 0.3) is 16.6 Å². The van der Waals surface area contributed by atoms with E-state index in [1.165, 1.54) is 11.3 Å². The van der Waals surface area contributed by atoms with E-state index in [0.717, 1.165) is 27.8 Å². The van der Waals surface area contributed by atoms with Gasteiger partial charge in [0.05, 0.1) is 28.3 Å². The standard InChI is InChI=1S/C23H21Cl2N3OS/c1-23(2,3)20-13-30-22(26-20)27-21(29)10-14-12-28(19-7-5-4-6-17(19)25)18-9-8-15(24)11-16(14)18/h4-9,11-13H,10H2,1-3H3,(H,26,27,29). The summed E-state index contributed by atoms with van der Waals surface area (Å²) in [6, 6.07) is 13.3. The van der Waals surface area contributed by atoms with Crippen molar-refractivity contribution in [3.05, 3.63) is 75.3 Å². The van der Waals surface area contributed by atoms with Crippen LogP contribution in [0.4, 0.5) is 5.13 Å². The normalized spacial score (nSPS) is 11.8. The molecule has 1 amide bonds. The molecule has 30 heavy (non-hydrogen) atoms. The van der Waals surface area contributed by atoms with Gasteiger partial charge < -0.3 is 9.88 Å². The minimum atomic E-state index is -0.122. The first-order valence-electron chi connectivity index (χ1n) is 9.52. The van der Waals surface area contributed by atoms with E-state index >= 15 is 0 Å². The molecule has 4 nitrogen and oxygen atoms in total. The molecule has 0 bridgehead atoms. The Morgan fingerprint density at radius 1 is 1.17 bits per heavy atom. The summed E-state index contributed by atoms with van der Waals surface area (Å²) >= 11 is 14.1. The summed E-state index contributed by atoms with van der Waals surface area (Å²) in [4.78, 5) is 17.3. The summed E-state index contributed by atoms with van der Waals surface area (Å²) in [5.74, 6) is -0.122. The average molecular weight is 458 g/mol. The number of benzene rings is 2. The second-order valence-corrected chi connectivity index (χ2v) is 9.85. The Kier molecular flexibility index (Phi) is 5.62. The van der Waals surface area contributed by atoms with E-state index in [1.54, 1.807) is 0 Å². The fourth-order valence-corrected chi connectivity index (χ4v) is 4.62. The molecular formula is C23H21Cl2N3OS. The highest BCUT2D eigenvalue weighted by Crippen LogP contribution is 2.31. The van der Waals surface area contributed by atoms with E-state index in [4.69, 9.17) is 23.2 Å². The second-order valence-electron chi connectivity index (χ2n) is 8.15. The highest BCUT2D eigenvalue weighted by Gasteiger charge is 2.19. The lowest BCUT2D eigenvalue weighted by Crippen LogP contribution is -2.15. The van der Waals surface area contributed by atoms with E-state index in [1.807, 2.05) is 58.6 Å². The highest BCUT2D eigenvalue weighted by atomic mass is 35.5. The monoisotopic (exact) mass is 457 g/mol. The van der Waals surface area contributed by atoms with E-state index in [-0.39, 0.29) is 17.7 Å². The number of anilines is 1. The van der Waals surface area contributed by atoms with Crippen LogP contribution in [0.1, 0.15) is 32.0 Å². The molecule has 2 aromatic carbocycles. The summed E-state index contributed by atoms with van der Waals surface area (Å²) in [7, 11) is 0. The minimum Gasteiger partial charge on any atom is -0.315 e. The molecule has 7 heteroatoms. The van der Waals surface area contributed by atoms with Crippen LogP contribution in [-0.4, -0.2) is 15.5 Å². The van der Waals surface area contributed by atoms with Crippen molar-refractivity contribution in [3.8, 4) is 5.69 Å². The molecule has 0 aliphatic carbocycles. The van der Waals surface area contributed by atoms with Crippen LogP contribution in [0.3, 0.4) is 0 Å². The molecule has 0 aliphatic heterocycles. The topological polar surface area (TPSA) is 46.9 Å². The van der Waals surface area contributed by atoms with Gasteiger partial charge in [0.1, 0.15) is 0 Å². The van der Waals surface area contributed by atoms with Gasteiger partial charge >= 0.3 is 0 Å². The zero-order chi connectivity index (χ0) is 21.5. The minimum absolute atomic E-state index is 0.0569. The van der Waals surface area contributed by atoms with Crippen LogP contribution in [0.5, 0.6) is 0 Å². The lowest BCUT2D eigenvalue weighted by molar-refractivity contribution is -0.115. The van der Waals surface area contributed by atoms with E-state index in [0.29, 0.717) is 15.2 Å². The number of hydrogen-bond donors (Lipinski definition) is 1. The Bertz CT molecular complexity index is 1240. The van der Waals surface area contributed by atoms with Gasteiger partial charge in [-0.15, -0.1) is 11.3 Å². The Balaban J connectivity index is 1.66. The SMILES string of the molecule is CC(C)(C)c1csc(NC(=O)Cc2cn(-c3ccccc3Cl)c3ccc(Cl)cc23)n1. The predicted molar refractivity (Wildman–Crippen MR) is 126 cm³/mol. The smallest absolute Gasteiger partial charge is 0.230 e. The summed E-state index contributed by atoms with van der Waals surface area (Å²) in [6.07, 6.45) is 2.16. The zero-order valence-electron chi connectivity index (χ0n) is 16.9. The number of aromatic nitrogens is 2. The first-order chi connectivity index (χ1) is 14.2. The fourth-order valence-electron chi connectivity index (χ4n) is 3.27. The molecule has 2 heterocycles. The first kappa shape index (κ1) is 20.9. The van der Waals surface area contributed by atoms with Crippen molar-refractivity contribution in [3.63, 3.8) is 0 Å². The molecule has 0 radical (unpaired) electrons. The van der Waals surface area contributed by atoms with Gasteiger partial charge in [-0.3, -0.25) is 4.79 Å². The molecule has 0 spiro atoms. The first-order valence-corrected chi connectivity index (χ1v) is 11.2. The van der Waals surface area contributed by atoms with Gasteiger partial charge in [-0.1, -0.05) is 56.1 Å². The molecule has 0 saturated heterocycles. The van der Waals surface area contributed by atoms with E-state index < -0.39 is 0 Å². The number of carbonyl (C=O) groups is 1. The number of hydrogen-bond acceptors (Lipinski definition) is 3. The summed E-state index contributed by atoms with van der Waals surface area (Å²) < 4.78 is 2.00. The van der Waals surface area contributed by atoms with Crippen LogP contribution in [0.2, 0.25) is 10.0 Å². The van der Waals surface area contributed by atoms with Crippen LogP contribution >= 0.6 is 34.5 Å². The zero-order valence-corrected chi connectivity index (χ0v) is 19.2. The highest BCUT2D eigenvalue weighted by molar-refractivity contribution is 7.13. The maximum atomic E-state index is 12.8. The molecule has 4 rings (SSSR count). The molecule has 0 atom stereocenters. The number of fused-ring (bicyclic) bond motifs is 1. The largest absolute Gasteiger partial charge is 0.315 e. The summed E-state index contributed by atoms with van der Waals surface area (Å²) in [5.41, 5.74) is 3.58. The quantitative estimate of drug-likeness (QED) is 0.363. The maximum absolute atomic E-state index is 12.8. The molecule has 0 aliphatic rings. The average Bonchev–Trinajstić information content (AvgIpc) is 3.27. The molecule has 0 unspecified atom stereocenters. The Morgan fingerprint density at radius 3 is 2.63 bits per heavy atom. The lowest BCUT2D eigenvalue weighted by atomic mass is 9.93. The van der Waals surface area contributed by atoms with Gasteiger partial charge in [-0.05, 0) is 35.9 Å². The van der Waals surface area contributed by atoms with E-state index in [9.17, 15) is 4.79 Å². The Hall–Kier alpha value is -2.34. The number of carbonyl (C=O) groups excluding carboxylic acids is 1. The Labute approximate surface area is 189 Å². The predicted octanol–water partition coefficient (Wildman–Crippen LogP) is 6.87. The van der Waals surface area contributed by atoms with Gasteiger partial charge in [-0.2, -0.15) is 0 Å². The number of nitrogens with zero attached hydrogens (tertiary/aromatic N) is 2. The molecule has 1 N–H and O–H groups in total. The molecule has 4 aromatic rings. The van der Waals surface area contributed by atoms with Gasteiger partial charge in [0.15, 0.2) is 5.13 Å². The van der Waals surface area contributed by atoms with Crippen molar-refractivity contribution >= 4 is 56.5 Å². The van der Waals surface area contributed by atoms with Crippen LogP contribution in [-0.2, 0) is 16.6 Å². The van der Waals surface area contributed by atoms with Gasteiger partial charge in [-0.25, -0.2) is 4.98 Å². The van der Waals surface area contributed by atoms with Crippen molar-refractivity contribution in [2.45, 2.75) is 32.6 Å². The third-order valence-corrected chi connectivity index (χ3v) is 6.14. The van der Waals surface area contributed by atoms with Gasteiger partial charge in [0.2, 0.25) is 5.91 Å². The van der Waals surface area contributed by atoms with Crippen molar-refractivity contribution in [1.82, 2.24) is 9.55 Å². The number of halogens is 2. The molecule has 0 saturated carbocycles. The van der Waals surface area contributed by atoms with Crippen molar-refractivity contribution < 1.29 is 4.79 Å². The van der Waals surface area contributed by atoms with E-state index in [2.05, 4.69) is 31.1 Å². The van der Waals surface area contributed by atoms with Crippen molar-refractivity contribution in [2.24, 2.45) is 0 Å². The number of para-hydroxylation sites is 1. The third kappa shape index (κ3) is 4.24. The van der Waals surface area contributed by atoms with Crippen LogP contribution in [0.15, 0.2) is 54.0 Å². The summed E-state index contributed by atoms with van der Waals surface area (Å²) in [5, 5.41) is 7.70. The summed E-state index contributed by atoms with van der Waals surface area (Å²) in [6.45, 7) is 6.29.